The largest absolute Gasteiger partial charge is 0.340 e. The summed E-state index contributed by atoms with van der Waals surface area (Å²) in [6.45, 7) is 3.76. The summed E-state index contributed by atoms with van der Waals surface area (Å²) in [5.74, 6) is 0.0451. The van der Waals surface area contributed by atoms with Gasteiger partial charge < -0.3 is 9.84 Å². The first-order chi connectivity index (χ1) is 8.56. The van der Waals surface area contributed by atoms with Crippen molar-refractivity contribution in [2.45, 2.75) is 26.4 Å². The maximum absolute atomic E-state index is 13.5. The number of nitrogens with one attached hydrogen (secondary N) is 1. The highest BCUT2D eigenvalue weighted by Gasteiger charge is 2.12. The number of hydrogen-bond acceptors (Lipinski definition) is 4. The lowest BCUT2D eigenvalue weighted by Gasteiger charge is -2.13. The summed E-state index contributed by atoms with van der Waals surface area (Å²) in [5.41, 5.74) is 0.273. The van der Waals surface area contributed by atoms with Gasteiger partial charge in [0.15, 0.2) is 5.82 Å². The molecule has 0 radical (unpaired) electrons. The van der Waals surface area contributed by atoms with Crippen molar-refractivity contribution in [2.75, 3.05) is 0 Å². The van der Waals surface area contributed by atoms with Gasteiger partial charge >= 0.3 is 0 Å². The average molecular weight is 253 g/mol. The molecule has 0 saturated carbocycles. The Balaban J connectivity index is 2.03. The van der Waals surface area contributed by atoms with Crippen LogP contribution in [0.3, 0.4) is 0 Å². The quantitative estimate of drug-likeness (QED) is 0.909. The fourth-order valence-corrected chi connectivity index (χ4v) is 1.61. The van der Waals surface area contributed by atoms with Crippen molar-refractivity contribution in [1.82, 2.24) is 15.5 Å². The van der Waals surface area contributed by atoms with Crippen LogP contribution < -0.4 is 5.32 Å². The van der Waals surface area contributed by atoms with Crippen LogP contribution in [0, 0.1) is 18.6 Å². The minimum Gasteiger partial charge on any atom is -0.340 e. The smallest absolute Gasteiger partial charge is 0.223 e. The van der Waals surface area contributed by atoms with E-state index in [9.17, 15) is 8.78 Å². The number of aryl methyl sites for hydroxylation is 1. The summed E-state index contributed by atoms with van der Waals surface area (Å²) >= 11 is 0. The summed E-state index contributed by atoms with van der Waals surface area (Å²) in [6.07, 6.45) is 0. The van der Waals surface area contributed by atoms with Crippen LogP contribution in [0.4, 0.5) is 8.78 Å². The highest BCUT2D eigenvalue weighted by atomic mass is 19.1. The molecule has 96 valence electrons. The molecule has 0 fully saturated rings. The van der Waals surface area contributed by atoms with Gasteiger partial charge in [-0.2, -0.15) is 4.98 Å². The van der Waals surface area contributed by atoms with Crippen molar-refractivity contribution in [3.63, 3.8) is 0 Å². The van der Waals surface area contributed by atoms with Crippen LogP contribution >= 0.6 is 0 Å². The highest BCUT2D eigenvalue weighted by molar-refractivity contribution is 5.21. The van der Waals surface area contributed by atoms with E-state index in [4.69, 9.17) is 4.52 Å². The summed E-state index contributed by atoms with van der Waals surface area (Å²) < 4.78 is 31.3. The van der Waals surface area contributed by atoms with Gasteiger partial charge in [0.25, 0.3) is 0 Å². The van der Waals surface area contributed by atoms with E-state index in [1.54, 1.807) is 13.8 Å². The molecular formula is C12H13F2N3O. The van der Waals surface area contributed by atoms with E-state index in [0.29, 0.717) is 18.3 Å². The van der Waals surface area contributed by atoms with Gasteiger partial charge in [-0.05, 0) is 25.1 Å². The Hall–Kier alpha value is -1.82. The van der Waals surface area contributed by atoms with Gasteiger partial charge in [-0.25, -0.2) is 8.78 Å². The summed E-state index contributed by atoms with van der Waals surface area (Å²) in [7, 11) is 0. The fourth-order valence-electron chi connectivity index (χ4n) is 1.61. The van der Waals surface area contributed by atoms with E-state index in [1.807, 2.05) is 0 Å². The van der Waals surface area contributed by atoms with E-state index >= 15 is 0 Å². The molecule has 4 nitrogen and oxygen atoms in total. The molecule has 0 spiro atoms. The molecule has 1 N–H and O–H groups in total. The SMILES string of the molecule is Cc1nc(CNC(C)c2cc(F)ccc2F)no1. The molecule has 1 unspecified atom stereocenters. The summed E-state index contributed by atoms with van der Waals surface area (Å²) in [5, 5.41) is 6.71. The number of halogens is 2. The molecule has 1 heterocycles. The van der Waals surface area contributed by atoms with Crippen LogP contribution in [0.2, 0.25) is 0 Å². The first-order valence-corrected chi connectivity index (χ1v) is 5.54. The third kappa shape index (κ3) is 2.89. The molecule has 18 heavy (non-hydrogen) atoms. The molecule has 1 aromatic heterocycles. The standard InChI is InChI=1S/C12H13F2N3O/c1-7(10-5-9(13)3-4-11(10)14)15-6-12-16-8(2)18-17-12/h3-5,7,15H,6H2,1-2H3. The van der Waals surface area contributed by atoms with Gasteiger partial charge in [0, 0.05) is 18.5 Å². The molecule has 0 aliphatic rings. The molecule has 0 amide bonds. The van der Waals surface area contributed by atoms with Crippen molar-refractivity contribution in [3.8, 4) is 0 Å². The Bertz CT molecular complexity index is 542. The van der Waals surface area contributed by atoms with Gasteiger partial charge in [-0.15, -0.1) is 0 Å². The van der Waals surface area contributed by atoms with Crippen molar-refractivity contribution in [3.05, 3.63) is 47.1 Å². The molecule has 0 aliphatic heterocycles. The predicted octanol–water partition coefficient (Wildman–Crippen LogP) is 2.51. The third-order valence-corrected chi connectivity index (χ3v) is 2.56. The summed E-state index contributed by atoms with van der Waals surface area (Å²) in [4.78, 5) is 4.01. The van der Waals surface area contributed by atoms with Gasteiger partial charge in [0.05, 0.1) is 6.54 Å². The number of rotatable bonds is 4. The second-order valence-electron chi connectivity index (χ2n) is 4.00. The van der Waals surface area contributed by atoms with Gasteiger partial charge in [-0.3, -0.25) is 0 Å². The maximum atomic E-state index is 13.5. The third-order valence-electron chi connectivity index (χ3n) is 2.56. The molecule has 0 bridgehead atoms. The second-order valence-corrected chi connectivity index (χ2v) is 4.00. The summed E-state index contributed by atoms with van der Waals surface area (Å²) in [6, 6.07) is 3.03. The first kappa shape index (κ1) is 12.6. The van der Waals surface area contributed by atoms with Gasteiger partial charge in [0.2, 0.25) is 5.89 Å². The van der Waals surface area contributed by atoms with Crippen LogP contribution in [0.15, 0.2) is 22.7 Å². The van der Waals surface area contributed by atoms with Crippen LogP contribution in [-0.2, 0) is 6.54 Å². The van der Waals surface area contributed by atoms with E-state index < -0.39 is 11.6 Å². The lowest BCUT2D eigenvalue weighted by Crippen LogP contribution is -2.20. The molecular weight excluding hydrogens is 240 g/mol. The zero-order chi connectivity index (χ0) is 13.1. The van der Waals surface area contributed by atoms with Crippen LogP contribution in [0.1, 0.15) is 30.2 Å². The zero-order valence-corrected chi connectivity index (χ0v) is 10.1. The van der Waals surface area contributed by atoms with E-state index in [-0.39, 0.29) is 11.6 Å². The maximum Gasteiger partial charge on any atom is 0.223 e. The number of aromatic nitrogens is 2. The predicted molar refractivity (Wildman–Crippen MR) is 60.6 cm³/mol. The molecule has 0 saturated heterocycles. The van der Waals surface area contributed by atoms with E-state index in [1.165, 1.54) is 6.07 Å². The molecule has 2 aromatic rings. The lowest BCUT2D eigenvalue weighted by molar-refractivity contribution is 0.383. The van der Waals surface area contributed by atoms with Gasteiger partial charge in [-0.1, -0.05) is 5.16 Å². The number of nitrogens with zero attached hydrogens (tertiary/aromatic N) is 2. The normalized spacial score (nSPS) is 12.7. The molecule has 0 aliphatic carbocycles. The first-order valence-electron chi connectivity index (χ1n) is 5.54. The number of hydrogen-bond donors (Lipinski definition) is 1. The van der Waals surface area contributed by atoms with Crippen molar-refractivity contribution in [2.24, 2.45) is 0 Å². The minimum atomic E-state index is -0.463. The lowest BCUT2D eigenvalue weighted by atomic mass is 10.1. The average Bonchev–Trinajstić information content (AvgIpc) is 2.75. The highest BCUT2D eigenvalue weighted by Crippen LogP contribution is 2.18. The molecule has 6 heteroatoms. The zero-order valence-electron chi connectivity index (χ0n) is 10.1. The Morgan fingerprint density at radius 3 is 2.83 bits per heavy atom. The second kappa shape index (κ2) is 5.22. The Labute approximate surface area is 103 Å². The van der Waals surface area contributed by atoms with Gasteiger partial charge in [0.1, 0.15) is 11.6 Å². The topological polar surface area (TPSA) is 51.0 Å². The van der Waals surface area contributed by atoms with Crippen molar-refractivity contribution >= 4 is 0 Å². The minimum absolute atomic E-state index is 0.273. The van der Waals surface area contributed by atoms with Crippen LogP contribution in [0.5, 0.6) is 0 Å². The van der Waals surface area contributed by atoms with E-state index in [2.05, 4.69) is 15.5 Å². The monoisotopic (exact) mass is 253 g/mol. The fraction of sp³-hybridized carbons (Fsp3) is 0.333. The van der Waals surface area contributed by atoms with Crippen molar-refractivity contribution < 1.29 is 13.3 Å². The Morgan fingerprint density at radius 2 is 2.17 bits per heavy atom. The molecule has 2 rings (SSSR count). The van der Waals surface area contributed by atoms with Crippen molar-refractivity contribution in [1.29, 1.82) is 0 Å². The number of benzene rings is 1. The molecule has 1 atom stereocenters. The molecule has 1 aromatic carbocycles. The van der Waals surface area contributed by atoms with E-state index in [0.717, 1.165) is 12.1 Å². The van der Waals surface area contributed by atoms with Crippen LogP contribution in [-0.4, -0.2) is 10.1 Å². The Morgan fingerprint density at radius 1 is 1.39 bits per heavy atom. The Kier molecular flexibility index (Phi) is 3.66. The van der Waals surface area contributed by atoms with Crippen LogP contribution in [0.25, 0.3) is 0 Å².